The van der Waals surface area contributed by atoms with Crippen LogP contribution in [0.1, 0.15) is 32.6 Å². The number of amides is 1. The largest absolute Gasteiger partial charge is 0.360 e. The molecule has 0 aromatic rings. The van der Waals surface area contributed by atoms with Crippen LogP contribution in [0, 0.1) is 0 Å². The quantitative estimate of drug-likeness (QED) is 0.812. The summed E-state index contributed by atoms with van der Waals surface area (Å²) in [6, 6.07) is 0.862. The van der Waals surface area contributed by atoms with Gasteiger partial charge in [-0.1, -0.05) is 18.7 Å². The topological polar surface area (TPSA) is 44.7 Å². The van der Waals surface area contributed by atoms with Crippen molar-refractivity contribution in [3.63, 3.8) is 0 Å². The molecular weight excluding hydrogens is 234 g/mol. The summed E-state index contributed by atoms with van der Waals surface area (Å²) in [4.78, 5) is 17.9. The minimum Gasteiger partial charge on any atom is -0.360 e. The molecule has 2 atom stereocenters. The number of likely N-dealkylation sites (tertiary alicyclic amines) is 1. The van der Waals surface area contributed by atoms with Crippen molar-refractivity contribution in [3.05, 3.63) is 0 Å². The standard InChI is InChI=1S/C12H21N3OS/c1-3-9-6-7-17-12(13-9)14-10-4-5-11(16)15(2)8-10/h9-10H,3-8H2,1-2H3,(H,13,14). The molecule has 0 bridgehead atoms. The van der Waals surface area contributed by atoms with Gasteiger partial charge in [0, 0.05) is 31.8 Å². The van der Waals surface area contributed by atoms with Crippen molar-refractivity contribution in [2.45, 2.75) is 44.7 Å². The minimum absolute atomic E-state index is 0.257. The lowest BCUT2D eigenvalue weighted by Gasteiger charge is -2.32. The molecule has 4 nitrogen and oxygen atoms in total. The third kappa shape index (κ3) is 3.37. The summed E-state index contributed by atoms with van der Waals surface area (Å²) in [6.07, 6.45) is 3.90. The van der Waals surface area contributed by atoms with Crippen LogP contribution in [0.15, 0.2) is 4.99 Å². The molecule has 5 heteroatoms. The Morgan fingerprint density at radius 1 is 1.53 bits per heavy atom. The zero-order valence-electron chi connectivity index (χ0n) is 10.6. The number of nitrogens with one attached hydrogen (secondary N) is 1. The van der Waals surface area contributed by atoms with Crippen LogP contribution in [0.4, 0.5) is 0 Å². The fourth-order valence-corrected chi connectivity index (χ4v) is 3.30. The van der Waals surface area contributed by atoms with Gasteiger partial charge in [-0.05, 0) is 19.3 Å². The molecule has 0 saturated carbocycles. The first-order valence-corrected chi connectivity index (χ1v) is 7.38. The van der Waals surface area contributed by atoms with Gasteiger partial charge >= 0.3 is 0 Å². The number of thioether (sulfide) groups is 1. The molecule has 17 heavy (non-hydrogen) atoms. The van der Waals surface area contributed by atoms with E-state index >= 15 is 0 Å². The summed E-state index contributed by atoms with van der Waals surface area (Å²) >= 11 is 1.81. The van der Waals surface area contributed by atoms with Gasteiger partial charge in [0.05, 0.1) is 6.04 Å². The van der Waals surface area contributed by atoms with E-state index in [1.54, 1.807) is 0 Å². The Labute approximate surface area is 107 Å². The van der Waals surface area contributed by atoms with Crippen LogP contribution in [0.3, 0.4) is 0 Å². The fourth-order valence-electron chi connectivity index (χ4n) is 2.24. The van der Waals surface area contributed by atoms with E-state index in [0.717, 1.165) is 30.3 Å². The second kappa shape index (κ2) is 5.76. The lowest BCUT2D eigenvalue weighted by molar-refractivity contribution is -0.132. The number of amidine groups is 1. The van der Waals surface area contributed by atoms with E-state index in [4.69, 9.17) is 4.99 Å². The summed E-state index contributed by atoms with van der Waals surface area (Å²) in [5.41, 5.74) is 0. The van der Waals surface area contributed by atoms with Crippen LogP contribution in [-0.2, 0) is 4.79 Å². The van der Waals surface area contributed by atoms with Gasteiger partial charge in [-0.2, -0.15) is 0 Å². The van der Waals surface area contributed by atoms with Crippen molar-refractivity contribution < 1.29 is 4.79 Å². The Kier molecular flexibility index (Phi) is 4.31. The molecule has 1 N–H and O–H groups in total. The molecule has 2 aliphatic heterocycles. The second-order valence-electron chi connectivity index (χ2n) is 4.79. The van der Waals surface area contributed by atoms with Crippen molar-refractivity contribution in [1.82, 2.24) is 10.2 Å². The lowest BCUT2D eigenvalue weighted by atomic mass is 10.1. The van der Waals surface area contributed by atoms with Crippen LogP contribution < -0.4 is 5.32 Å². The third-order valence-electron chi connectivity index (χ3n) is 3.42. The summed E-state index contributed by atoms with van der Waals surface area (Å²) in [6.45, 7) is 2.99. The van der Waals surface area contributed by atoms with E-state index in [1.807, 2.05) is 23.7 Å². The first-order valence-electron chi connectivity index (χ1n) is 6.40. The fraction of sp³-hybridized carbons (Fsp3) is 0.833. The van der Waals surface area contributed by atoms with Gasteiger partial charge < -0.3 is 10.2 Å². The molecule has 1 amide bonds. The predicted octanol–water partition coefficient (Wildman–Crippen LogP) is 1.47. The van der Waals surface area contributed by atoms with Gasteiger partial charge in [0.15, 0.2) is 5.17 Å². The lowest BCUT2D eigenvalue weighted by Crippen LogP contribution is -2.48. The van der Waals surface area contributed by atoms with Crippen LogP contribution in [0.2, 0.25) is 0 Å². The monoisotopic (exact) mass is 255 g/mol. The van der Waals surface area contributed by atoms with Crippen molar-refractivity contribution in [2.24, 2.45) is 4.99 Å². The number of hydrogen-bond donors (Lipinski definition) is 1. The molecule has 0 aromatic heterocycles. The van der Waals surface area contributed by atoms with E-state index in [0.29, 0.717) is 18.5 Å². The van der Waals surface area contributed by atoms with Crippen molar-refractivity contribution in [2.75, 3.05) is 19.3 Å². The molecule has 0 spiro atoms. The minimum atomic E-state index is 0.257. The Morgan fingerprint density at radius 3 is 3.06 bits per heavy atom. The highest BCUT2D eigenvalue weighted by molar-refractivity contribution is 8.13. The third-order valence-corrected chi connectivity index (χ3v) is 4.35. The number of carbonyl (C=O) groups is 1. The van der Waals surface area contributed by atoms with Gasteiger partial charge in [-0.3, -0.25) is 9.79 Å². The summed E-state index contributed by atoms with van der Waals surface area (Å²) in [5, 5.41) is 4.57. The van der Waals surface area contributed by atoms with Crippen LogP contribution >= 0.6 is 11.8 Å². The van der Waals surface area contributed by atoms with Crippen molar-refractivity contribution in [1.29, 1.82) is 0 Å². The summed E-state index contributed by atoms with van der Waals surface area (Å²) in [5.74, 6) is 1.42. The molecule has 0 aromatic carbocycles. The van der Waals surface area contributed by atoms with Gasteiger partial charge in [-0.15, -0.1) is 0 Å². The number of hydrogen-bond acceptors (Lipinski definition) is 4. The zero-order chi connectivity index (χ0) is 12.3. The predicted molar refractivity (Wildman–Crippen MR) is 72.4 cm³/mol. The van der Waals surface area contributed by atoms with E-state index in [2.05, 4.69) is 12.2 Å². The first kappa shape index (κ1) is 12.7. The maximum atomic E-state index is 11.4. The number of nitrogens with zero attached hydrogens (tertiary/aromatic N) is 2. The highest BCUT2D eigenvalue weighted by atomic mass is 32.2. The Balaban J connectivity index is 1.88. The van der Waals surface area contributed by atoms with E-state index in [1.165, 1.54) is 6.42 Å². The Morgan fingerprint density at radius 2 is 2.35 bits per heavy atom. The first-order chi connectivity index (χ1) is 8.19. The molecule has 2 rings (SSSR count). The van der Waals surface area contributed by atoms with Crippen LogP contribution in [0.25, 0.3) is 0 Å². The average molecular weight is 255 g/mol. The van der Waals surface area contributed by atoms with Crippen LogP contribution in [-0.4, -0.2) is 47.4 Å². The van der Waals surface area contributed by atoms with Gasteiger partial charge in [0.25, 0.3) is 0 Å². The SMILES string of the molecule is CCC1CCSC(NC2CCC(=O)N(C)C2)=N1. The molecule has 96 valence electrons. The normalized spacial score (nSPS) is 30.1. The van der Waals surface area contributed by atoms with E-state index < -0.39 is 0 Å². The van der Waals surface area contributed by atoms with Crippen molar-refractivity contribution in [3.8, 4) is 0 Å². The van der Waals surface area contributed by atoms with Crippen LogP contribution in [0.5, 0.6) is 0 Å². The Hall–Kier alpha value is -0.710. The smallest absolute Gasteiger partial charge is 0.222 e. The van der Waals surface area contributed by atoms with Crippen molar-refractivity contribution >= 4 is 22.8 Å². The average Bonchev–Trinajstić information content (AvgIpc) is 2.34. The molecule has 0 radical (unpaired) electrons. The highest BCUT2D eigenvalue weighted by Crippen LogP contribution is 2.19. The molecule has 2 aliphatic rings. The summed E-state index contributed by atoms with van der Waals surface area (Å²) < 4.78 is 0. The number of carbonyl (C=O) groups excluding carboxylic acids is 1. The molecule has 2 unspecified atom stereocenters. The number of likely N-dealkylation sites (N-methyl/N-ethyl adjacent to an activating group) is 1. The molecule has 1 fully saturated rings. The molecule has 1 saturated heterocycles. The Bertz CT molecular complexity index is 319. The zero-order valence-corrected chi connectivity index (χ0v) is 11.4. The van der Waals surface area contributed by atoms with E-state index in [-0.39, 0.29) is 5.91 Å². The number of rotatable bonds is 2. The second-order valence-corrected chi connectivity index (χ2v) is 5.87. The van der Waals surface area contributed by atoms with Gasteiger partial charge in [0.1, 0.15) is 0 Å². The maximum absolute atomic E-state index is 11.4. The number of aliphatic imine (C=N–C) groups is 1. The number of piperidine rings is 1. The van der Waals surface area contributed by atoms with Gasteiger partial charge in [0.2, 0.25) is 5.91 Å². The molecule has 0 aliphatic carbocycles. The van der Waals surface area contributed by atoms with E-state index in [9.17, 15) is 4.79 Å². The van der Waals surface area contributed by atoms with Gasteiger partial charge in [-0.25, -0.2) is 0 Å². The molecule has 2 heterocycles. The maximum Gasteiger partial charge on any atom is 0.222 e. The molecular formula is C12H21N3OS. The summed E-state index contributed by atoms with van der Waals surface area (Å²) in [7, 11) is 1.88. The highest BCUT2D eigenvalue weighted by Gasteiger charge is 2.24.